The third-order valence-electron chi connectivity index (χ3n) is 4.69. The molecular weight excluding hydrogens is 398 g/mol. The molecular formula is C27H25N3O2. The van der Waals surface area contributed by atoms with E-state index in [0.717, 1.165) is 34.0 Å². The van der Waals surface area contributed by atoms with Gasteiger partial charge in [0.05, 0.1) is 5.69 Å². The second-order valence-corrected chi connectivity index (χ2v) is 7.19. The Morgan fingerprint density at radius 3 is 1.88 bits per heavy atom. The lowest BCUT2D eigenvalue weighted by Crippen LogP contribution is -2.21. The minimum Gasteiger partial charge on any atom is -0.489 e. The number of benzene rings is 4. The largest absolute Gasteiger partial charge is 0.489 e. The maximum Gasteiger partial charge on any atom is 0.198 e. The Kier molecular flexibility index (Phi) is 7.01. The number of anilines is 1. The van der Waals surface area contributed by atoms with Crippen molar-refractivity contribution in [3.05, 3.63) is 120 Å². The van der Waals surface area contributed by atoms with Crippen LogP contribution in [-0.4, -0.2) is 5.96 Å². The van der Waals surface area contributed by atoms with Crippen LogP contribution in [0.5, 0.6) is 11.5 Å². The summed E-state index contributed by atoms with van der Waals surface area (Å²) < 4.78 is 11.7. The summed E-state index contributed by atoms with van der Waals surface area (Å²) in [5.74, 6) is 1.83. The molecule has 0 amide bonds. The van der Waals surface area contributed by atoms with Crippen LogP contribution in [-0.2, 0) is 13.2 Å². The van der Waals surface area contributed by atoms with Crippen LogP contribution in [0.1, 0.15) is 11.1 Å². The van der Waals surface area contributed by atoms with Gasteiger partial charge in [0, 0.05) is 11.8 Å². The third kappa shape index (κ3) is 6.37. The molecule has 0 saturated carbocycles. The van der Waals surface area contributed by atoms with Crippen molar-refractivity contribution < 1.29 is 9.47 Å². The van der Waals surface area contributed by atoms with Crippen molar-refractivity contribution in [1.82, 2.24) is 0 Å². The zero-order valence-corrected chi connectivity index (χ0v) is 17.6. The van der Waals surface area contributed by atoms with Gasteiger partial charge >= 0.3 is 0 Å². The zero-order valence-electron chi connectivity index (χ0n) is 17.6. The van der Waals surface area contributed by atoms with Gasteiger partial charge in [0.25, 0.3) is 0 Å². The van der Waals surface area contributed by atoms with E-state index in [1.165, 1.54) is 0 Å². The second-order valence-electron chi connectivity index (χ2n) is 7.19. The first kappa shape index (κ1) is 21.0. The van der Waals surface area contributed by atoms with Gasteiger partial charge < -0.3 is 20.5 Å². The molecule has 5 heteroatoms. The summed E-state index contributed by atoms with van der Waals surface area (Å²) in [7, 11) is 0. The lowest BCUT2D eigenvalue weighted by molar-refractivity contribution is 0.306. The quantitative estimate of drug-likeness (QED) is 0.273. The van der Waals surface area contributed by atoms with Gasteiger partial charge in [0.1, 0.15) is 24.7 Å². The number of hydrogen-bond acceptors (Lipinski definition) is 3. The van der Waals surface area contributed by atoms with Gasteiger partial charge in [-0.15, -0.1) is 0 Å². The molecule has 4 rings (SSSR count). The zero-order chi connectivity index (χ0) is 22.0. The molecule has 0 aliphatic heterocycles. The van der Waals surface area contributed by atoms with Crippen LogP contribution in [0.4, 0.5) is 11.4 Å². The van der Waals surface area contributed by atoms with Crippen molar-refractivity contribution >= 4 is 17.3 Å². The monoisotopic (exact) mass is 423 g/mol. The van der Waals surface area contributed by atoms with E-state index in [-0.39, 0.29) is 0 Å². The molecule has 0 heterocycles. The maximum absolute atomic E-state index is 6.09. The van der Waals surface area contributed by atoms with E-state index in [1.54, 1.807) is 0 Å². The number of ether oxygens (including phenoxy) is 2. The van der Waals surface area contributed by atoms with Gasteiger partial charge in [-0.25, -0.2) is 4.99 Å². The Labute approximate surface area is 188 Å². The van der Waals surface area contributed by atoms with E-state index < -0.39 is 0 Å². The maximum atomic E-state index is 6.09. The van der Waals surface area contributed by atoms with E-state index in [9.17, 15) is 0 Å². The first-order valence-electron chi connectivity index (χ1n) is 10.4. The molecule has 0 aromatic heterocycles. The van der Waals surface area contributed by atoms with Gasteiger partial charge in [0.2, 0.25) is 0 Å². The van der Waals surface area contributed by atoms with Crippen LogP contribution in [0.3, 0.4) is 0 Å². The smallest absolute Gasteiger partial charge is 0.198 e. The second kappa shape index (κ2) is 10.7. The van der Waals surface area contributed by atoms with Gasteiger partial charge in [0.15, 0.2) is 5.96 Å². The molecule has 0 aliphatic rings. The van der Waals surface area contributed by atoms with Crippen molar-refractivity contribution in [2.24, 2.45) is 10.7 Å². The first-order chi connectivity index (χ1) is 15.7. The molecule has 0 unspecified atom stereocenters. The highest BCUT2D eigenvalue weighted by atomic mass is 16.5. The van der Waals surface area contributed by atoms with Gasteiger partial charge in [-0.2, -0.15) is 0 Å². The Hall–Kier alpha value is -4.25. The number of hydrogen-bond donors (Lipinski definition) is 2. The van der Waals surface area contributed by atoms with E-state index >= 15 is 0 Å². The van der Waals surface area contributed by atoms with E-state index in [2.05, 4.69) is 10.3 Å². The van der Waals surface area contributed by atoms with E-state index in [4.69, 9.17) is 15.2 Å². The summed E-state index contributed by atoms with van der Waals surface area (Å²) in [4.78, 5) is 4.42. The summed E-state index contributed by atoms with van der Waals surface area (Å²) in [5.41, 5.74) is 9.87. The normalized spacial score (nSPS) is 11.1. The molecule has 5 nitrogen and oxygen atoms in total. The first-order valence-corrected chi connectivity index (χ1v) is 10.4. The summed E-state index contributed by atoms with van der Waals surface area (Å²) in [6.45, 7) is 1.03. The van der Waals surface area contributed by atoms with Crippen molar-refractivity contribution in [1.29, 1.82) is 0 Å². The molecule has 0 radical (unpaired) electrons. The van der Waals surface area contributed by atoms with Crippen molar-refractivity contribution in [2.75, 3.05) is 5.32 Å². The van der Waals surface area contributed by atoms with Crippen molar-refractivity contribution in [3.8, 4) is 11.5 Å². The SMILES string of the molecule is NC(=Nc1ccc(OCc2ccccc2)cc1)Nc1cccc(OCc2ccccc2)c1. The molecule has 0 fully saturated rings. The molecule has 4 aromatic rings. The molecule has 4 aromatic carbocycles. The summed E-state index contributed by atoms with van der Waals surface area (Å²) in [5, 5.41) is 3.11. The lowest BCUT2D eigenvalue weighted by atomic mass is 10.2. The molecule has 0 bridgehead atoms. The lowest BCUT2D eigenvalue weighted by Gasteiger charge is -2.10. The number of aliphatic imine (C=N–C) groups is 1. The Morgan fingerprint density at radius 1 is 0.656 bits per heavy atom. The highest BCUT2D eigenvalue weighted by Crippen LogP contribution is 2.21. The van der Waals surface area contributed by atoms with Crippen LogP contribution in [0, 0.1) is 0 Å². The molecule has 0 spiro atoms. The minimum absolute atomic E-state index is 0.295. The molecule has 32 heavy (non-hydrogen) atoms. The van der Waals surface area contributed by atoms with E-state index in [0.29, 0.717) is 19.2 Å². The fraction of sp³-hybridized carbons (Fsp3) is 0.0741. The number of nitrogens with zero attached hydrogens (tertiary/aromatic N) is 1. The highest BCUT2D eigenvalue weighted by Gasteiger charge is 2.01. The summed E-state index contributed by atoms with van der Waals surface area (Å²) >= 11 is 0. The number of nitrogens with one attached hydrogen (secondary N) is 1. The number of nitrogens with two attached hydrogens (primary N) is 1. The molecule has 0 atom stereocenters. The van der Waals surface area contributed by atoms with Crippen molar-refractivity contribution in [2.45, 2.75) is 13.2 Å². The van der Waals surface area contributed by atoms with Gasteiger partial charge in [-0.1, -0.05) is 66.7 Å². The topological polar surface area (TPSA) is 68.9 Å². The van der Waals surface area contributed by atoms with Crippen LogP contribution >= 0.6 is 0 Å². The van der Waals surface area contributed by atoms with Crippen LogP contribution < -0.4 is 20.5 Å². The minimum atomic E-state index is 0.295. The molecule has 0 saturated heterocycles. The highest BCUT2D eigenvalue weighted by molar-refractivity contribution is 5.94. The predicted molar refractivity (Wildman–Crippen MR) is 129 cm³/mol. The van der Waals surface area contributed by atoms with Gasteiger partial charge in [-0.3, -0.25) is 0 Å². The molecule has 0 aliphatic carbocycles. The average molecular weight is 424 g/mol. The standard InChI is InChI=1S/C27H25N3O2/c28-27(29-23-14-16-25(17-15-23)31-19-21-8-3-1-4-9-21)30-24-12-7-13-26(18-24)32-20-22-10-5-2-6-11-22/h1-18H,19-20H2,(H3,28,29,30). The van der Waals surface area contributed by atoms with Gasteiger partial charge in [-0.05, 0) is 47.5 Å². The molecule has 3 N–H and O–H groups in total. The summed E-state index contributed by atoms with van der Waals surface area (Å²) in [6.07, 6.45) is 0. The van der Waals surface area contributed by atoms with Crippen LogP contribution in [0.2, 0.25) is 0 Å². The number of guanidine groups is 1. The number of rotatable bonds is 8. The summed E-state index contributed by atoms with van der Waals surface area (Å²) in [6, 6.07) is 35.2. The Morgan fingerprint density at radius 2 is 1.25 bits per heavy atom. The predicted octanol–water partition coefficient (Wildman–Crippen LogP) is 5.90. The average Bonchev–Trinajstić information content (AvgIpc) is 2.84. The fourth-order valence-electron chi connectivity index (χ4n) is 3.08. The van der Waals surface area contributed by atoms with Crippen molar-refractivity contribution in [3.63, 3.8) is 0 Å². The Balaban J connectivity index is 1.32. The Bertz CT molecular complexity index is 1140. The third-order valence-corrected chi connectivity index (χ3v) is 4.69. The van der Waals surface area contributed by atoms with E-state index in [1.807, 2.05) is 109 Å². The van der Waals surface area contributed by atoms with Crippen LogP contribution in [0.25, 0.3) is 0 Å². The fourth-order valence-corrected chi connectivity index (χ4v) is 3.08. The molecule has 160 valence electrons. The van der Waals surface area contributed by atoms with Crippen LogP contribution in [0.15, 0.2) is 114 Å².